The lowest BCUT2D eigenvalue weighted by atomic mass is 10.1. The summed E-state index contributed by atoms with van der Waals surface area (Å²) in [6, 6.07) is 8.03. The fourth-order valence-corrected chi connectivity index (χ4v) is 2.87. The number of rotatable bonds is 5. The van der Waals surface area contributed by atoms with Crippen LogP contribution in [0.3, 0.4) is 0 Å². The molecule has 0 spiro atoms. The van der Waals surface area contributed by atoms with Crippen LogP contribution in [0.4, 0.5) is 0 Å². The van der Waals surface area contributed by atoms with Crippen LogP contribution in [0.5, 0.6) is 0 Å². The van der Waals surface area contributed by atoms with Crippen LogP contribution in [0, 0.1) is 0 Å². The molecule has 110 valence electrons. The highest BCUT2D eigenvalue weighted by atomic mass is 35.5. The number of hydrogen-bond donors (Lipinski definition) is 1. The summed E-state index contributed by atoms with van der Waals surface area (Å²) in [4.78, 5) is 14.3. The van der Waals surface area contributed by atoms with Gasteiger partial charge in [0.15, 0.2) is 0 Å². The van der Waals surface area contributed by atoms with E-state index < -0.39 is 0 Å². The van der Waals surface area contributed by atoms with Gasteiger partial charge in [-0.3, -0.25) is 9.69 Å². The lowest BCUT2D eigenvalue weighted by molar-refractivity contribution is -0.126. The molecule has 1 aliphatic rings. The Kier molecular flexibility index (Phi) is 5.44. The fraction of sp³-hybridized carbons (Fsp3) is 0.562. The van der Waals surface area contributed by atoms with Crippen molar-refractivity contribution in [3.05, 3.63) is 34.9 Å². The molecule has 1 atom stereocenters. The third kappa shape index (κ3) is 4.22. The van der Waals surface area contributed by atoms with E-state index in [-0.39, 0.29) is 11.9 Å². The molecule has 0 saturated heterocycles. The summed E-state index contributed by atoms with van der Waals surface area (Å²) in [5.41, 5.74) is 1.13. The Labute approximate surface area is 126 Å². The quantitative estimate of drug-likeness (QED) is 0.904. The van der Waals surface area contributed by atoms with Crippen LogP contribution < -0.4 is 5.32 Å². The van der Waals surface area contributed by atoms with Crippen LogP contribution in [0.25, 0.3) is 0 Å². The molecule has 0 bridgehead atoms. The van der Waals surface area contributed by atoms with E-state index in [2.05, 4.69) is 10.2 Å². The van der Waals surface area contributed by atoms with Crippen molar-refractivity contribution in [1.82, 2.24) is 10.2 Å². The zero-order chi connectivity index (χ0) is 14.5. The first kappa shape index (κ1) is 15.3. The Hall–Kier alpha value is -1.06. The third-order valence-corrected chi connectivity index (χ3v) is 4.30. The van der Waals surface area contributed by atoms with Crippen molar-refractivity contribution < 1.29 is 4.79 Å². The molecule has 3 nitrogen and oxygen atoms in total. The monoisotopic (exact) mass is 294 g/mol. The lowest BCUT2D eigenvalue weighted by Gasteiger charge is -2.25. The van der Waals surface area contributed by atoms with Crippen LogP contribution in [0.15, 0.2) is 24.3 Å². The van der Waals surface area contributed by atoms with Gasteiger partial charge in [0.25, 0.3) is 0 Å². The van der Waals surface area contributed by atoms with Crippen molar-refractivity contribution in [3.63, 3.8) is 0 Å². The lowest BCUT2D eigenvalue weighted by Crippen LogP contribution is -2.46. The molecule has 2 rings (SSSR count). The number of nitrogens with zero attached hydrogens (tertiary/aromatic N) is 1. The summed E-state index contributed by atoms with van der Waals surface area (Å²) >= 11 is 5.99. The van der Waals surface area contributed by atoms with E-state index in [4.69, 9.17) is 11.6 Å². The van der Waals surface area contributed by atoms with Crippen LogP contribution in [0.2, 0.25) is 5.02 Å². The molecule has 1 aliphatic carbocycles. The van der Waals surface area contributed by atoms with Crippen molar-refractivity contribution in [2.24, 2.45) is 0 Å². The fourth-order valence-electron chi connectivity index (χ4n) is 2.65. The van der Waals surface area contributed by atoms with E-state index >= 15 is 0 Å². The first-order chi connectivity index (χ1) is 9.56. The van der Waals surface area contributed by atoms with Crippen LogP contribution in [-0.4, -0.2) is 29.9 Å². The second-order valence-electron chi connectivity index (χ2n) is 5.71. The molecule has 1 aromatic carbocycles. The summed E-state index contributed by atoms with van der Waals surface area (Å²) in [5, 5.41) is 3.89. The number of carbonyl (C=O) groups is 1. The van der Waals surface area contributed by atoms with E-state index in [1.54, 1.807) is 0 Å². The van der Waals surface area contributed by atoms with Gasteiger partial charge in [0.1, 0.15) is 0 Å². The summed E-state index contributed by atoms with van der Waals surface area (Å²) < 4.78 is 0. The normalized spacial score (nSPS) is 17.4. The molecular weight excluding hydrogens is 272 g/mol. The molecule has 4 heteroatoms. The van der Waals surface area contributed by atoms with Gasteiger partial charge in [0.05, 0.1) is 6.04 Å². The number of hydrogen-bond acceptors (Lipinski definition) is 2. The van der Waals surface area contributed by atoms with Crippen molar-refractivity contribution >= 4 is 17.5 Å². The third-order valence-electron chi connectivity index (χ3n) is 4.06. The van der Waals surface area contributed by atoms with Crippen LogP contribution >= 0.6 is 11.6 Å². The second-order valence-corrected chi connectivity index (χ2v) is 6.15. The number of likely N-dealkylation sites (N-methyl/N-ethyl adjacent to an activating group) is 1. The van der Waals surface area contributed by atoms with E-state index in [1.165, 1.54) is 12.8 Å². The number of nitrogens with one attached hydrogen (secondary N) is 1. The van der Waals surface area contributed by atoms with Gasteiger partial charge in [-0.1, -0.05) is 36.6 Å². The molecular formula is C16H23ClN2O. The highest BCUT2D eigenvalue weighted by Crippen LogP contribution is 2.18. The standard InChI is InChI=1S/C16H23ClN2O/c1-12(16(20)18-15-8-3-4-9-15)19(2)11-13-6-5-7-14(17)10-13/h5-7,10,12,15H,3-4,8-9,11H2,1-2H3,(H,18,20). The topological polar surface area (TPSA) is 32.3 Å². The first-order valence-corrected chi connectivity index (χ1v) is 7.69. The molecule has 0 aromatic heterocycles. The Balaban J connectivity index is 1.87. The largest absolute Gasteiger partial charge is 0.352 e. The average Bonchev–Trinajstić information content (AvgIpc) is 2.90. The van der Waals surface area contributed by atoms with Crippen LogP contribution in [-0.2, 0) is 11.3 Å². The van der Waals surface area contributed by atoms with Gasteiger partial charge in [0.2, 0.25) is 5.91 Å². The Morgan fingerprint density at radius 1 is 1.45 bits per heavy atom. The highest BCUT2D eigenvalue weighted by Gasteiger charge is 2.23. The molecule has 1 fully saturated rings. The SMILES string of the molecule is CC(C(=O)NC1CCCC1)N(C)Cc1cccc(Cl)c1. The van der Waals surface area contributed by atoms with Gasteiger partial charge >= 0.3 is 0 Å². The van der Waals surface area contributed by atoms with Crippen molar-refractivity contribution in [2.45, 2.75) is 51.2 Å². The van der Waals surface area contributed by atoms with Gasteiger partial charge < -0.3 is 5.32 Å². The Morgan fingerprint density at radius 2 is 2.15 bits per heavy atom. The van der Waals surface area contributed by atoms with Crippen molar-refractivity contribution in [2.75, 3.05) is 7.05 Å². The van der Waals surface area contributed by atoms with Gasteiger partial charge in [0, 0.05) is 17.6 Å². The summed E-state index contributed by atoms with van der Waals surface area (Å²) in [7, 11) is 1.97. The van der Waals surface area contributed by atoms with E-state index in [0.717, 1.165) is 30.0 Å². The molecule has 1 unspecified atom stereocenters. The second kappa shape index (κ2) is 7.09. The minimum absolute atomic E-state index is 0.126. The number of amides is 1. The van der Waals surface area contributed by atoms with Gasteiger partial charge in [-0.25, -0.2) is 0 Å². The molecule has 1 N–H and O–H groups in total. The van der Waals surface area contributed by atoms with Gasteiger partial charge in [-0.15, -0.1) is 0 Å². The van der Waals surface area contributed by atoms with Crippen molar-refractivity contribution in [3.8, 4) is 0 Å². The highest BCUT2D eigenvalue weighted by molar-refractivity contribution is 6.30. The average molecular weight is 295 g/mol. The number of benzene rings is 1. The Bertz CT molecular complexity index is 458. The minimum atomic E-state index is -0.130. The van der Waals surface area contributed by atoms with Gasteiger partial charge in [-0.05, 0) is 44.5 Å². The first-order valence-electron chi connectivity index (χ1n) is 7.31. The molecule has 0 radical (unpaired) electrons. The Morgan fingerprint density at radius 3 is 2.80 bits per heavy atom. The molecule has 20 heavy (non-hydrogen) atoms. The van der Waals surface area contributed by atoms with E-state index in [0.29, 0.717) is 6.04 Å². The maximum Gasteiger partial charge on any atom is 0.237 e. The molecule has 0 aliphatic heterocycles. The minimum Gasteiger partial charge on any atom is -0.352 e. The maximum absolute atomic E-state index is 12.2. The predicted octanol–water partition coefficient (Wildman–Crippen LogP) is 3.22. The number of carbonyl (C=O) groups excluding carboxylic acids is 1. The van der Waals surface area contributed by atoms with E-state index in [1.807, 2.05) is 38.2 Å². The van der Waals surface area contributed by atoms with Crippen LogP contribution in [0.1, 0.15) is 38.2 Å². The maximum atomic E-state index is 12.2. The molecule has 1 saturated carbocycles. The summed E-state index contributed by atoms with van der Waals surface area (Å²) in [6.45, 7) is 2.68. The van der Waals surface area contributed by atoms with E-state index in [9.17, 15) is 4.79 Å². The van der Waals surface area contributed by atoms with Gasteiger partial charge in [-0.2, -0.15) is 0 Å². The predicted molar refractivity (Wildman–Crippen MR) is 82.8 cm³/mol. The summed E-state index contributed by atoms with van der Waals surface area (Å²) in [5.74, 6) is 0.126. The number of halogens is 1. The zero-order valence-corrected chi connectivity index (χ0v) is 13.0. The molecule has 0 heterocycles. The molecule has 1 aromatic rings. The zero-order valence-electron chi connectivity index (χ0n) is 12.2. The smallest absolute Gasteiger partial charge is 0.237 e. The molecule has 1 amide bonds. The van der Waals surface area contributed by atoms with Crippen molar-refractivity contribution in [1.29, 1.82) is 0 Å². The summed E-state index contributed by atoms with van der Waals surface area (Å²) in [6.07, 6.45) is 4.71.